The van der Waals surface area contributed by atoms with Crippen molar-refractivity contribution >= 4 is 90.9 Å². The van der Waals surface area contributed by atoms with Crippen molar-refractivity contribution in [1.29, 1.82) is 0 Å². The van der Waals surface area contributed by atoms with Gasteiger partial charge in [0.2, 0.25) is 0 Å². The van der Waals surface area contributed by atoms with Gasteiger partial charge in [0.05, 0.1) is 25.1 Å². The number of para-hydroxylation sites is 4. The van der Waals surface area contributed by atoms with Crippen LogP contribution in [-0.2, 0) is 0 Å². The van der Waals surface area contributed by atoms with Crippen molar-refractivity contribution in [2.75, 3.05) is 9.80 Å². The van der Waals surface area contributed by atoms with Gasteiger partial charge < -0.3 is 19.0 Å². The molecule has 5 heteroatoms. The lowest BCUT2D eigenvalue weighted by atomic mass is 9.90. The first kappa shape index (κ1) is 37.9. The van der Waals surface area contributed by atoms with Crippen LogP contribution in [0.2, 0.25) is 19.6 Å². The van der Waals surface area contributed by atoms with E-state index in [1.807, 2.05) is 12.1 Å². The Labute approximate surface area is 373 Å². The van der Waals surface area contributed by atoms with Crippen molar-refractivity contribution in [2.45, 2.75) is 19.6 Å². The molecule has 1 aliphatic heterocycles. The highest BCUT2D eigenvalue weighted by molar-refractivity contribution is 6.88. The summed E-state index contributed by atoms with van der Waals surface area (Å²) in [7, 11) is -1.46. The van der Waals surface area contributed by atoms with Crippen LogP contribution >= 0.6 is 0 Å². The van der Waals surface area contributed by atoms with Crippen LogP contribution in [0, 0.1) is 0 Å². The summed E-state index contributed by atoms with van der Waals surface area (Å²) in [5, 5.41) is 8.27. The maximum absolute atomic E-state index is 7.01. The molecule has 10 aromatic carbocycles. The van der Waals surface area contributed by atoms with Crippen LogP contribution in [0.3, 0.4) is 0 Å². The fourth-order valence-electron chi connectivity index (χ4n) is 9.66. The Hall–Kier alpha value is -7.86. The number of ether oxygens (including phenoxy) is 1. The number of rotatable bonds is 8. The van der Waals surface area contributed by atoms with Crippen LogP contribution in [-0.4, -0.2) is 8.07 Å². The van der Waals surface area contributed by atoms with E-state index >= 15 is 0 Å². The smallest absolute Gasteiger partial charge is 0.159 e. The Morgan fingerprint density at radius 2 is 1.03 bits per heavy atom. The Kier molecular flexibility index (Phi) is 8.82. The average molecular weight is 841 g/mol. The third-order valence-corrected chi connectivity index (χ3v) is 14.8. The van der Waals surface area contributed by atoms with E-state index in [1.165, 1.54) is 21.3 Å². The molecule has 2 heterocycles. The van der Waals surface area contributed by atoms with Crippen molar-refractivity contribution < 1.29 is 9.15 Å². The molecule has 1 aliphatic rings. The molecule has 0 unspecified atom stereocenters. The molecule has 0 amide bonds. The SMILES string of the molecule is C[Si](C)(C)c1ccc(N(c2ccccc2)c2ccc3cc4c5c(cccc5c3c2)Oc2cc(N(c3ccccc3-c3ccccc3)c3cccc5c3oc3ccccc35)ccc2-4)cc1. The highest BCUT2D eigenvalue weighted by atomic mass is 28.3. The van der Waals surface area contributed by atoms with Crippen LogP contribution in [0.15, 0.2) is 217 Å². The van der Waals surface area contributed by atoms with Crippen molar-refractivity contribution in [3.8, 4) is 33.8 Å². The number of nitrogens with zero attached hydrogens (tertiary/aromatic N) is 2. The molecule has 12 rings (SSSR count). The summed E-state index contributed by atoms with van der Waals surface area (Å²) in [4.78, 5) is 4.69. The molecule has 0 spiro atoms. The largest absolute Gasteiger partial charge is 0.456 e. The first-order chi connectivity index (χ1) is 31.4. The number of hydrogen-bond acceptors (Lipinski definition) is 4. The second-order valence-corrected chi connectivity index (χ2v) is 22.8. The van der Waals surface area contributed by atoms with Gasteiger partial charge in [0.15, 0.2) is 5.58 Å². The first-order valence-electron chi connectivity index (χ1n) is 22.0. The van der Waals surface area contributed by atoms with E-state index in [2.05, 4.69) is 230 Å². The number of benzene rings is 10. The maximum atomic E-state index is 7.01. The van der Waals surface area contributed by atoms with Gasteiger partial charge in [-0.05, 0) is 106 Å². The molecule has 1 aromatic heterocycles. The highest BCUT2D eigenvalue weighted by Crippen LogP contribution is 2.52. The molecule has 0 aliphatic carbocycles. The van der Waals surface area contributed by atoms with Gasteiger partial charge in [0.1, 0.15) is 17.1 Å². The van der Waals surface area contributed by atoms with Gasteiger partial charge in [-0.3, -0.25) is 0 Å². The van der Waals surface area contributed by atoms with Crippen molar-refractivity contribution in [1.82, 2.24) is 0 Å². The zero-order valence-electron chi connectivity index (χ0n) is 35.9. The van der Waals surface area contributed by atoms with Crippen molar-refractivity contribution in [3.05, 3.63) is 212 Å². The summed E-state index contributed by atoms with van der Waals surface area (Å²) in [5.74, 6) is 1.66. The van der Waals surface area contributed by atoms with Crippen LogP contribution < -0.4 is 19.7 Å². The van der Waals surface area contributed by atoms with E-state index in [1.54, 1.807) is 0 Å². The predicted octanol–water partition coefficient (Wildman–Crippen LogP) is 16.8. The summed E-state index contributed by atoms with van der Waals surface area (Å²) >= 11 is 0. The van der Waals surface area contributed by atoms with Crippen molar-refractivity contribution in [2.24, 2.45) is 0 Å². The van der Waals surface area contributed by atoms with E-state index in [0.717, 1.165) is 95.2 Å². The quantitative estimate of drug-likeness (QED) is 0.113. The molecular weight excluding hydrogens is 797 g/mol. The van der Waals surface area contributed by atoms with E-state index in [0.29, 0.717) is 0 Å². The van der Waals surface area contributed by atoms with Crippen LogP contribution in [0.5, 0.6) is 11.5 Å². The normalized spacial score (nSPS) is 12.1. The maximum Gasteiger partial charge on any atom is 0.159 e. The topological polar surface area (TPSA) is 28.9 Å². The summed E-state index contributed by atoms with van der Waals surface area (Å²) in [6, 6.07) is 76.1. The molecular formula is C59H44N2O2Si. The molecule has 0 radical (unpaired) electrons. The second kappa shape index (κ2) is 14.9. The molecule has 4 nitrogen and oxygen atoms in total. The van der Waals surface area contributed by atoms with Gasteiger partial charge in [-0.15, -0.1) is 0 Å². The van der Waals surface area contributed by atoms with Gasteiger partial charge in [-0.2, -0.15) is 0 Å². The molecule has 0 atom stereocenters. The van der Waals surface area contributed by atoms with E-state index in [-0.39, 0.29) is 0 Å². The van der Waals surface area contributed by atoms with Crippen LogP contribution in [0.1, 0.15) is 0 Å². The van der Waals surface area contributed by atoms with E-state index in [9.17, 15) is 0 Å². The third-order valence-electron chi connectivity index (χ3n) is 12.8. The highest BCUT2D eigenvalue weighted by Gasteiger charge is 2.27. The van der Waals surface area contributed by atoms with Gasteiger partial charge >= 0.3 is 0 Å². The van der Waals surface area contributed by atoms with Gasteiger partial charge in [0.25, 0.3) is 0 Å². The molecule has 306 valence electrons. The number of hydrogen-bond donors (Lipinski definition) is 0. The average Bonchev–Trinajstić information content (AvgIpc) is 3.72. The van der Waals surface area contributed by atoms with Gasteiger partial charge in [-0.25, -0.2) is 0 Å². The number of anilines is 6. The first-order valence-corrected chi connectivity index (χ1v) is 25.5. The summed E-state index contributed by atoms with van der Waals surface area (Å²) in [6.45, 7) is 7.19. The Morgan fingerprint density at radius 1 is 0.391 bits per heavy atom. The Morgan fingerprint density at radius 3 is 1.86 bits per heavy atom. The molecule has 0 saturated carbocycles. The molecule has 0 saturated heterocycles. The lowest BCUT2D eigenvalue weighted by Crippen LogP contribution is -2.37. The molecule has 11 aromatic rings. The van der Waals surface area contributed by atoms with Gasteiger partial charge in [0, 0.05) is 50.4 Å². The van der Waals surface area contributed by atoms with E-state index < -0.39 is 8.07 Å². The third kappa shape index (κ3) is 6.27. The molecule has 0 bridgehead atoms. The van der Waals surface area contributed by atoms with Crippen molar-refractivity contribution in [3.63, 3.8) is 0 Å². The standard InChI is InChI=1S/C59H44N2O2Si/c1-64(2,3)45-33-30-42(31-34-45)60(41-18-8-5-9-19-41)43-29-28-40-36-52-48-35-32-44(38-57(48)62-56-27-15-22-49(58(52)56)51(40)37-43)61(53-24-12-10-20-46(53)39-16-6-4-7-17-39)54-25-14-23-50-47-21-11-13-26-55(47)63-59(50)54/h4-38H,1-3H3. The van der Waals surface area contributed by atoms with Gasteiger partial charge in [-0.1, -0.05) is 152 Å². The zero-order valence-corrected chi connectivity index (χ0v) is 36.9. The fourth-order valence-corrected chi connectivity index (χ4v) is 10.8. The Bertz CT molecular complexity index is 3570. The lowest BCUT2D eigenvalue weighted by Gasteiger charge is -2.30. The number of furan rings is 1. The number of fused-ring (bicyclic) bond motifs is 7. The van der Waals surface area contributed by atoms with E-state index in [4.69, 9.17) is 9.15 Å². The van der Waals surface area contributed by atoms with Crippen LogP contribution in [0.4, 0.5) is 34.1 Å². The predicted molar refractivity (Wildman–Crippen MR) is 272 cm³/mol. The molecule has 64 heavy (non-hydrogen) atoms. The fraction of sp³-hybridized carbons (Fsp3) is 0.0508. The molecule has 0 fully saturated rings. The zero-order chi connectivity index (χ0) is 42.9. The minimum absolute atomic E-state index is 0.810. The lowest BCUT2D eigenvalue weighted by molar-refractivity contribution is 0.487. The second-order valence-electron chi connectivity index (χ2n) is 17.7. The summed E-state index contributed by atoms with van der Waals surface area (Å²) < 4.78 is 13.7. The minimum atomic E-state index is -1.46. The minimum Gasteiger partial charge on any atom is -0.456 e. The Balaban J connectivity index is 1.01. The molecule has 0 N–H and O–H groups in total. The monoisotopic (exact) mass is 840 g/mol. The van der Waals surface area contributed by atoms with Crippen LogP contribution in [0.25, 0.3) is 65.7 Å². The summed E-state index contributed by atoms with van der Waals surface area (Å²) in [6.07, 6.45) is 0. The summed E-state index contributed by atoms with van der Waals surface area (Å²) in [5.41, 5.74) is 12.5.